The Hall–Kier alpha value is -4.19. The van der Waals surface area contributed by atoms with E-state index >= 15 is 0 Å². The van der Waals surface area contributed by atoms with Gasteiger partial charge < -0.3 is 10.2 Å². The van der Waals surface area contributed by atoms with Crippen LogP contribution in [0.5, 0.6) is 0 Å². The molecule has 0 spiro atoms. The Balaban J connectivity index is 1.42. The van der Waals surface area contributed by atoms with E-state index in [4.69, 9.17) is 23.2 Å². The molecule has 226 valence electrons. The number of nitrogens with one attached hydrogen (secondary N) is 2. The summed E-state index contributed by atoms with van der Waals surface area (Å²) in [5.41, 5.74) is 2.86. The van der Waals surface area contributed by atoms with E-state index in [1.807, 2.05) is 0 Å². The summed E-state index contributed by atoms with van der Waals surface area (Å²) in [6.45, 7) is 3.76. The van der Waals surface area contributed by atoms with E-state index in [1.165, 1.54) is 35.4 Å². The molecule has 5 amide bonds. The highest BCUT2D eigenvalue weighted by Crippen LogP contribution is 2.38. The minimum absolute atomic E-state index is 0.156. The maximum absolute atomic E-state index is 13.8. The van der Waals surface area contributed by atoms with Gasteiger partial charge in [-0.15, -0.1) is 0 Å². The Labute approximate surface area is 258 Å². The molecule has 43 heavy (non-hydrogen) atoms. The molecule has 1 atom stereocenters. The van der Waals surface area contributed by atoms with Crippen LogP contribution < -0.4 is 15.6 Å². The quantitative estimate of drug-likeness (QED) is 0.0999. The topological polar surface area (TPSA) is 118 Å². The Kier molecular flexibility index (Phi) is 10.2. The van der Waals surface area contributed by atoms with Crippen molar-refractivity contribution >= 4 is 58.8 Å². The second-order valence-electron chi connectivity index (χ2n) is 10.4. The molecule has 0 aromatic heterocycles. The van der Waals surface area contributed by atoms with Crippen LogP contribution in [0.4, 0.5) is 25.4 Å². The first-order chi connectivity index (χ1) is 20.5. The summed E-state index contributed by atoms with van der Waals surface area (Å²) >= 11 is 12.0. The van der Waals surface area contributed by atoms with Crippen LogP contribution in [0, 0.1) is 5.82 Å². The fourth-order valence-corrected chi connectivity index (χ4v) is 5.00. The summed E-state index contributed by atoms with van der Waals surface area (Å²) in [4.78, 5) is 42.1. The lowest BCUT2D eigenvalue weighted by Gasteiger charge is -2.38. The summed E-state index contributed by atoms with van der Waals surface area (Å²) in [5, 5.41) is 19.1. The predicted octanol–water partition coefficient (Wildman–Crippen LogP) is 6.72. The molecule has 1 aliphatic heterocycles. The third-order valence-corrected chi connectivity index (χ3v) is 7.46. The number of carbonyl (C=O) groups is 3. The van der Waals surface area contributed by atoms with E-state index in [-0.39, 0.29) is 24.7 Å². The van der Waals surface area contributed by atoms with Crippen LogP contribution >= 0.6 is 23.2 Å². The van der Waals surface area contributed by atoms with Gasteiger partial charge in [0.2, 0.25) is 5.91 Å². The lowest BCUT2D eigenvalue weighted by Crippen LogP contribution is -2.58. The smallest absolute Gasteiger partial charge is 0.315 e. The average molecular weight is 630 g/mol. The molecule has 3 aromatic carbocycles. The summed E-state index contributed by atoms with van der Waals surface area (Å²) in [7, 11) is 0. The number of nitrogens with zero attached hydrogens (tertiary/aromatic N) is 4. The van der Waals surface area contributed by atoms with E-state index in [1.54, 1.807) is 67.3 Å². The van der Waals surface area contributed by atoms with Gasteiger partial charge in [-0.2, -0.15) is 10.2 Å². The fourth-order valence-electron chi connectivity index (χ4n) is 4.75. The van der Waals surface area contributed by atoms with Gasteiger partial charge in [0.05, 0.1) is 11.8 Å². The van der Waals surface area contributed by atoms with Gasteiger partial charge in [0.15, 0.2) is 6.17 Å². The Morgan fingerprint density at radius 2 is 1.60 bits per heavy atom. The number of hydroxylamine groups is 2. The predicted molar refractivity (Wildman–Crippen MR) is 164 cm³/mol. The lowest BCUT2D eigenvalue weighted by atomic mass is 9.99. The van der Waals surface area contributed by atoms with E-state index in [2.05, 4.69) is 15.8 Å². The Morgan fingerprint density at radius 3 is 2.23 bits per heavy atom. The Bertz CT molecular complexity index is 1470. The molecule has 10 nitrogen and oxygen atoms in total. The van der Waals surface area contributed by atoms with Crippen LogP contribution in [-0.4, -0.2) is 57.6 Å². The number of urea groups is 2. The summed E-state index contributed by atoms with van der Waals surface area (Å²) in [6.07, 6.45) is 1.37. The minimum atomic E-state index is -1.11. The van der Waals surface area contributed by atoms with Gasteiger partial charge in [0.1, 0.15) is 5.82 Å². The molecule has 1 saturated heterocycles. The molecular weight excluding hydrogens is 598 g/mol. The van der Waals surface area contributed by atoms with Crippen LogP contribution in [0.3, 0.4) is 0 Å². The third-order valence-electron chi connectivity index (χ3n) is 6.96. The molecule has 3 aromatic rings. The molecule has 1 aliphatic rings. The zero-order valence-corrected chi connectivity index (χ0v) is 25.0. The summed E-state index contributed by atoms with van der Waals surface area (Å²) in [6, 6.07) is 17.3. The highest BCUT2D eigenvalue weighted by Gasteiger charge is 2.55. The van der Waals surface area contributed by atoms with E-state index in [0.717, 1.165) is 0 Å². The molecule has 1 heterocycles. The second kappa shape index (κ2) is 13.9. The van der Waals surface area contributed by atoms with Gasteiger partial charge in [-0.3, -0.25) is 14.9 Å². The summed E-state index contributed by atoms with van der Waals surface area (Å²) < 4.78 is 13.0. The minimum Gasteiger partial charge on any atom is -0.315 e. The molecule has 1 fully saturated rings. The number of hydrazone groups is 1. The average Bonchev–Trinajstić information content (AvgIpc) is 3.17. The standard InChI is InChI=1S/C30H31Cl2FN6O4/c1-30(2)27(39(43)28(41)35-24-14-8-21(31)9-15-24)38(25-16-10-22(32)11-17-25)29(42)37(30)18-4-3-5-26(40)36-34-19-20-6-12-23(33)13-7-20/h6-17,19,27,43H,3-5,18H2,1-2H3,(H,35,41)(H,36,40)/b34-19+. The van der Waals surface area contributed by atoms with Crippen LogP contribution in [0.2, 0.25) is 10.0 Å². The number of amides is 5. The molecular formula is C30H31Cl2FN6O4. The van der Waals surface area contributed by atoms with E-state index in [0.29, 0.717) is 44.9 Å². The monoisotopic (exact) mass is 628 g/mol. The van der Waals surface area contributed by atoms with Gasteiger partial charge in [-0.05, 0) is 92.9 Å². The van der Waals surface area contributed by atoms with Gasteiger partial charge >= 0.3 is 12.1 Å². The summed E-state index contributed by atoms with van der Waals surface area (Å²) in [5.74, 6) is -0.678. The third kappa shape index (κ3) is 7.81. The number of carbonyl (C=O) groups excluding carboxylic acids is 3. The molecule has 0 saturated carbocycles. The van der Waals surface area contributed by atoms with Crippen molar-refractivity contribution in [3.63, 3.8) is 0 Å². The molecule has 13 heteroatoms. The van der Waals surface area contributed by atoms with Crippen LogP contribution in [0.1, 0.15) is 38.7 Å². The number of benzene rings is 3. The van der Waals surface area contributed by atoms with Gasteiger partial charge in [0, 0.05) is 34.4 Å². The van der Waals surface area contributed by atoms with Crippen molar-refractivity contribution in [3.05, 3.63) is 94.2 Å². The number of hydrogen-bond donors (Lipinski definition) is 3. The fraction of sp³-hybridized carbons (Fsp3) is 0.267. The van der Waals surface area contributed by atoms with Crippen molar-refractivity contribution in [2.24, 2.45) is 5.10 Å². The molecule has 4 rings (SSSR count). The van der Waals surface area contributed by atoms with Crippen LogP contribution in [0.15, 0.2) is 77.9 Å². The first-order valence-electron chi connectivity index (χ1n) is 13.5. The van der Waals surface area contributed by atoms with Crippen molar-refractivity contribution in [1.29, 1.82) is 0 Å². The number of rotatable bonds is 10. The Morgan fingerprint density at radius 1 is 1.00 bits per heavy atom. The molecule has 0 aliphatic carbocycles. The second-order valence-corrected chi connectivity index (χ2v) is 11.3. The van der Waals surface area contributed by atoms with E-state index in [9.17, 15) is 24.0 Å². The molecule has 0 bridgehead atoms. The highest BCUT2D eigenvalue weighted by atomic mass is 35.5. The maximum Gasteiger partial charge on any atom is 0.347 e. The van der Waals surface area contributed by atoms with Crippen LogP contribution in [0.25, 0.3) is 0 Å². The lowest BCUT2D eigenvalue weighted by molar-refractivity contribution is -0.121. The van der Waals surface area contributed by atoms with Gasteiger partial charge in [-0.25, -0.2) is 19.4 Å². The zero-order chi connectivity index (χ0) is 31.1. The number of hydrogen-bond acceptors (Lipinski definition) is 5. The zero-order valence-electron chi connectivity index (χ0n) is 23.5. The number of unbranched alkanes of at least 4 members (excludes halogenated alkanes) is 1. The number of anilines is 2. The van der Waals surface area contributed by atoms with Crippen molar-refractivity contribution in [2.45, 2.75) is 44.8 Å². The maximum atomic E-state index is 13.8. The largest absolute Gasteiger partial charge is 0.347 e. The van der Waals surface area contributed by atoms with Crippen molar-refractivity contribution < 1.29 is 24.0 Å². The van der Waals surface area contributed by atoms with Gasteiger partial charge in [0.25, 0.3) is 0 Å². The van der Waals surface area contributed by atoms with Crippen LogP contribution in [-0.2, 0) is 4.79 Å². The first-order valence-corrected chi connectivity index (χ1v) is 14.2. The molecule has 0 radical (unpaired) electrons. The highest BCUT2D eigenvalue weighted by molar-refractivity contribution is 6.31. The number of halogens is 3. The van der Waals surface area contributed by atoms with Crippen molar-refractivity contribution in [1.82, 2.24) is 15.4 Å². The molecule has 1 unspecified atom stereocenters. The normalized spacial score (nSPS) is 16.0. The van der Waals surface area contributed by atoms with E-state index < -0.39 is 23.8 Å². The van der Waals surface area contributed by atoms with Gasteiger partial charge in [-0.1, -0.05) is 35.3 Å². The van der Waals surface area contributed by atoms with Crippen molar-refractivity contribution in [2.75, 3.05) is 16.8 Å². The van der Waals surface area contributed by atoms with Crippen molar-refractivity contribution in [3.8, 4) is 0 Å². The first kappa shape index (κ1) is 31.7. The molecule has 3 N–H and O–H groups in total. The SMILES string of the molecule is CC1(C)C(N(O)C(=O)Nc2ccc(Cl)cc2)N(c2ccc(Cl)cc2)C(=O)N1CCCCC(=O)N/N=C/c1ccc(F)cc1.